The number of carbonyl (C=O) groups excluding carboxylic acids is 1. The van der Waals surface area contributed by atoms with Crippen LogP contribution in [-0.2, 0) is 4.79 Å². The molecule has 0 fully saturated rings. The zero-order valence-electron chi connectivity index (χ0n) is 3.97. The Morgan fingerprint density at radius 2 is 2.50 bits per heavy atom. The highest BCUT2D eigenvalue weighted by atomic mass is 127. The van der Waals surface area contributed by atoms with Gasteiger partial charge in [-0.2, -0.15) is 17.9 Å². The molecule has 0 aliphatic rings. The summed E-state index contributed by atoms with van der Waals surface area (Å²) >= 11 is 5.45. The number of hydrogen-bond donors (Lipinski definition) is 1. The Morgan fingerprint density at radius 3 is 2.62 bits per heavy atom. The van der Waals surface area contributed by atoms with Crippen molar-refractivity contribution in [1.82, 2.24) is 0 Å². The average Bonchev–Trinajstić information content (AvgIpc) is 1.67. The first-order chi connectivity index (χ1) is 3.68. The van der Waals surface area contributed by atoms with Crippen LogP contribution >= 0.6 is 35.2 Å². The third kappa shape index (κ3) is 3.27. The topological polar surface area (TPSA) is 40.9 Å². The molecule has 0 aromatic rings. The summed E-state index contributed by atoms with van der Waals surface area (Å²) in [6, 6.07) is 1.85. The van der Waals surface area contributed by atoms with Crippen molar-refractivity contribution in [3.63, 3.8) is 0 Å². The van der Waals surface area contributed by atoms with E-state index in [1.54, 1.807) is 22.6 Å². The van der Waals surface area contributed by atoms with Crippen molar-refractivity contribution in [2.24, 2.45) is 0 Å². The van der Waals surface area contributed by atoms with Gasteiger partial charge in [-0.1, -0.05) is 0 Å². The van der Waals surface area contributed by atoms with Crippen molar-refractivity contribution in [1.29, 1.82) is 5.26 Å². The molecule has 0 radical (unpaired) electrons. The maximum Gasteiger partial charge on any atom is 0.206 e. The molecule has 44 valence electrons. The van der Waals surface area contributed by atoms with Crippen LogP contribution in [0, 0.1) is 11.3 Å². The molecule has 0 rings (SSSR count). The summed E-state index contributed by atoms with van der Waals surface area (Å²) in [4.78, 5) is 10.3. The molecule has 0 N–H and O–H groups in total. The Labute approximate surface area is 66.8 Å². The van der Waals surface area contributed by atoms with Crippen LogP contribution in [0.4, 0.5) is 0 Å². The van der Waals surface area contributed by atoms with Crippen LogP contribution in [0.5, 0.6) is 0 Å². The van der Waals surface area contributed by atoms with E-state index in [4.69, 9.17) is 5.26 Å². The van der Waals surface area contributed by atoms with Crippen molar-refractivity contribution in [3.8, 4) is 6.07 Å². The van der Waals surface area contributed by atoms with E-state index in [0.717, 1.165) is 0 Å². The number of hydrogen-bond acceptors (Lipinski definition) is 3. The van der Waals surface area contributed by atoms with Gasteiger partial charge in [-0.15, -0.1) is 0 Å². The molecule has 0 aliphatic carbocycles. The first-order valence-electron chi connectivity index (χ1n) is 1.93. The number of nitrogens with zero attached hydrogens (tertiary/aromatic N) is 1. The number of thiol groups is 1. The minimum absolute atomic E-state index is 0.0764. The number of rotatable bonds is 2. The average molecular weight is 241 g/mol. The van der Waals surface area contributed by atoms with Crippen molar-refractivity contribution in [3.05, 3.63) is 0 Å². The Kier molecular flexibility index (Phi) is 4.28. The Hall–Kier alpha value is 0.240. The van der Waals surface area contributed by atoms with Gasteiger partial charge in [-0.25, -0.2) is 0 Å². The summed E-state index contributed by atoms with van der Waals surface area (Å²) in [6.07, 6.45) is 0.199. The van der Waals surface area contributed by atoms with Gasteiger partial charge >= 0.3 is 0 Å². The highest BCUT2D eigenvalue weighted by Gasteiger charge is 2.07. The molecule has 0 aromatic carbocycles. The van der Waals surface area contributed by atoms with E-state index in [0.29, 0.717) is 0 Å². The molecule has 2 nitrogen and oxygen atoms in total. The summed E-state index contributed by atoms with van der Waals surface area (Å²) in [5.41, 5.74) is 0. The van der Waals surface area contributed by atoms with Crippen LogP contribution < -0.4 is 0 Å². The molecule has 4 heteroatoms. The minimum atomic E-state index is -0.402. The van der Waals surface area contributed by atoms with Crippen molar-refractivity contribution in [2.75, 3.05) is 0 Å². The lowest BCUT2D eigenvalue weighted by molar-refractivity contribution is -0.108. The Morgan fingerprint density at radius 1 is 2.00 bits per heavy atom. The number of carbonyl (C=O) groups is 1. The van der Waals surface area contributed by atoms with Gasteiger partial charge in [-0.3, -0.25) is 4.79 Å². The van der Waals surface area contributed by atoms with Crippen molar-refractivity contribution in [2.45, 2.75) is 11.7 Å². The van der Waals surface area contributed by atoms with Crippen LogP contribution in [0.2, 0.25) is 0 Å². The fraction of sp³-hybridized carbons (Fsp3) is 0.500. The fourth-order valence-corrected chi connectivity index (χ4v) is 0.469. The SMILES string of the molecule is N#CCC(S)C(=O)I. The molecule has 1 unspecified atom stereocenters. The number of halogens is 1. The lowest BCUT2D eigenvalue weighted by atomic mass is 10.4. The maximum absolute atomic E-state index is 10.3. The third-order valence-electron chi connectivity index (χ3n) is 0.547. The van der Waals surface area contributed by atoms with Crippen LogP contribution in [-0.4, -0.2) is 9.04 Å². The summed E-state index contributed by atoms with van der Waals surface area (Å²) < 4.78 is -0.0764. The molecule has 0 spiro atoms. The Bertz CT molecular complexity index is 130. The van der Waals surface area contributed by atoms with E-state index in [1.807, 2.05) is 6.07 Å². The summed E-state index contributed by atoms with van der Waals surface area (Å²) in [5, 5.41) is 7.63. The summed E-state index contributed by atoms with van der Waals surface area (Å²) in [6.45, 7) is 0. The molecule has 0 saturated carbocycles. The van der Waals surface area contributed by atoms with Crippen LogP contribution in [0.3, 0.4) is 0 Å². The first-order valence-corrected chi connectivity index (χ1v) is 3.52. The Balaban J connectivity index is 3.52. The molecule has 0 amide bonds. The van der Waals surface area contributed by atoms with E-state index >= 15 is 0 Å². The number of nitriles is 1. The van der Waals surface area contributed by atoms with Gasteiger partial charge in [0, 0.05) is 22.6 Å². The predicted molar refractivity (Wildman–Crippen MR) is 42.0 cm³/mol. The van der Waals surface area contributed by atoms with Crippen molar-refractivity contribution < 1.29 is 4.79 Å². The van der Waals surface area contributed by atoms with E-state index in [2.05, 4.69) is 12.6 Å². The van der Waals surface area contributed by atoms with E-state index in [1.165, 1.54) is 0 Å². The normalized spacial score (nSPS) is 12.1. The van der Waals surface area contributed by atoms with Crippen LogP contribution in [0.25, 0.3) is 0 Å². The monoisotopic (exact) mass is 241 g/mol. The second-order valence-corrected chi connectivity index (χ2v) is 2.87. The highest BCUT2D eigenvalue weighted by Crippen LogP contribution is 2.05. The molecule has 0 bridgehead atoms. The second-order valence-electron chi connectivity index (χ2n) is 1.18. The zero-order chi connectivity index (χ0) is 6.57. The summed E-state index contributed by atoms with van der Waals surface area (Å²) in [7, 11) is 0. The third-order valence-corrected chi connectivity index (χ3v) is 2.21. The van der Waals surface area contributed by atoms with Gasteiger partial charge in [0.1, 0.15) is 0 Å². The molecule has 0 aromatic heterocycles. The molecule has 1 atom stereocenters. The largest absolute Gasteiger partial charge is 0.287 e. The van der Waals surface area contributed by atoms with Gasteiger partial charge in [0.15, 0.2) is 0 Å². The molecular formula is C4H4INOS. The molecular weight excluding hydrogens is 237 g/mol. The molecule has 0 heterocycles. The maximum atomic E-state index is 10.3. The predicted octanol–water partition coefficient (Wildman–Crippen LogP) is 1.16. The molecule has 8 heavy (non-hydrogen) atoms. The van der Waals surface area contributed by atoms with E-state index < -0.39 is 5.25 Å². The van der Waals surface area contributed by atoms with Gasteiger partial charge in [0.2, 0.25) is 3.79 Å². The van der Waals surface area contributed by atoms with Crippen LogP contribution in [0.15, 0.2) is 0 Å². The molecule has 0 aliphatic heterocycles. The van der Waals surface area contributed by atoms with Gasteiger partial charge < -0.3 is 0 Å². The van der Waals surface area contributed by atoms with Crippen molar-refractivity contribution >= 4 is 39.0 Å². The van der Waals surface area contributed by atoms with E-state index in [-0.39, 0.29) is 10.2 Å². The van der Waals surface area contributed by atoms with Gasteiger partial charge in [0.05, 0.1) is 17.7 Å². The van der Waals surface area contributed by atoms with E-state index in [9.17, 15) is 4.79 Å². The highest BCUT2D eigenvalue weighted by molar-refractivity contribution is 14.1. The quantitative estimate of drug-likeness (QED) is 0.447. The molecule has 0 saturated heterocycles. The standard InChI is InChI=1S/C4H4INOS/c5-4(7)3(8)1-2-6/h3,8H,1H2. The smallest absolute Gasteiger partial charge is 0.206 e. The second kappa shape index (κ2) is 4.15. The zero-order valence-corrected chi connectivity index (χ0v) is 7.02. The lowest BCUT2D eigenvalue weighted by Crippen LogP contribution is -2.04. The fourth-order valence-electron chi connectivity index (χ4n) is 0.167. The van der Waals surface area contributed by atoms with Crippen LogP contribution in [0.1, 0.15) is 6.42 Å². The first kappa shape index (κ1) is 8.24. The minimum Gasteiger partial charge on any atom is -0.287 e. The van der Waals surface area contributed by atoms with Gasteiger partial charge in [-0.05, 0) is 0 Å². The summed E-state index contributed by atoms with van der Waals surface area (Å²) in [5.74, 6) is 0. The lowest BCUT2D eigenvalue weighted by Gasteiger charge is -1.93. The van der Waals surface area contributed by atoms with Gasteiger partial charge in [0.25, 0.3) is 0 Å².